The average molecular weight is 472 g/mol. The molecule has 0 radical (unpaired) electrons. The molecular formula is C24H28F4O5. The van der Waals surface area contributed by atoms with Gasteiger partial charge in [0, 0.05) is 24.7 Å². The summed E-state index contributed by atoms with van der Waals surface area (Å²) in [6, 6.07) is 2.78. The molecule has 1 aromatic carbocycles. The van der Waals surface area contributed by atoms with Crippen molar-refractivity contribution in [3.8, 4) is 5.75 Å². The van der Waals surface area contributed by atoms with Crippen molar-refractivity contribution in [3.05, 3.63) is 53.1 Å². The number of hydrogen-bond acceptors (Lipinski definition) is 4. The van der Waals surface area contributed by atoms with Crippen LogP contribution in [0.1, 0.15) is 61.4 Å². The van der Waals surface area contributed by atoms with Crippen LogP contribution in [-0.4, -0.2) is 39.1 Å². The van der Waals surface area contributed by atoms with Crippen LogP contribution in [0.25, 0.3) is 0 Å². The Hall–Kier alpha value is -2.39. The lowest BCUT2D eigenvalue weighted by atomic mass is 9.86. The largest absolute Gasteiger partial charge is 0.487 e. The highest BCUT2D eigenvalue weighted by Gasteiger charge is 2.43. The van der Waals surface area contributed by atoms with Crippen LogP contribution < -0.4 is 4.74 Å². The topological polar surface area (TPSA) is 87.0 Å². The normalized spacial score (nSPS) is 26.5. The molecule has 3 rings (SSSR count). The molecule has 1 aliphatic carbocycles. The maximum absolute atomic E-state index is 14.8. The summed E-state index contributed by atoms with van der Waals surface area (Å²) < 4.78 is 58.2. The standard InChI is InChI=1S/C24H28F4O5/c1-24(32,11-9-17(25)22(27)28)10-3-6-14-15-5-2-4-13-7-8-16(23(30)31)20(26)21(13)33-19(15)12-18(14)29/h3,6-8,14-15,18-19,29,32H,2,4-5,9-12H2,1H3,(H,30,31)/b6-3+/t14-,15-,18-,19+,24-/m1/s1. The fourth-order valence-electron chi connectivity index (χ4n) is 4.71. The molecule has 2 aliphatic rings. The van der Waals surface area contributed by atoms with Crippen molar-refractivity contribution in [1.82, 2.24) is 0 Å². The van der Waals surface area contributed by atoms with Crippen LogP contribution in [0.5, 0.6) is 5.75 Å². The molecule has 0 spiro atoms. The minimum Gasteiger partial charge on any atom is -0.487 e. The summed E-state index contributed by atoms with van der Waals surface area (Å²) in [5.41, 5.74) is -1.28. The third kappa shape index (κ3) is 5.95. The molecule has 9 heteroatoms. The van der Waals surface area contributed by atoms with Gasteiger partial charge in [-0.2, -0.15) is 8.78 Å². The van der Waals surface area contributed by atoms with E-state index < -0.39 is 53.5 Å². The minimum atomic E-state index is -2.39. The fraction of sp³-hybridized carbons (Fsp3) is 0.542. The minimum absolute atomic E-state index is 0.0785. The number of allylic oxidation sites excluding steroid dienone is 1. The third-order valence-corrected chi connectivity index (χ3v) is 6.56. The van der Waals surface area contributed by atoms with Gasteiger partial charge in [0.05, 0.1) is 17.3 Å². The third-order valence-electron chi connectivity index (χ3n) is 6.56. The lowest BCUT2D eigenvalue weighted by Crippen LogP contribution is -2.28. The number of rotatable bonds is 7. The van der Waals surface area contributed by atoms with E-state index in [1.807, 2.05) is 0 Å². The maximum atomic E-state index is 14.8. The van der Waals surface area contributed by atoms with E-state index in [0.717, 1.165) is 0 Å². The number of ether oxygens (including phenoxy) is 1. The molecule has 1 heterocycles. The summed E-state index contributed by atoms with van der Waals surface area (Å²) in [5.74, 6) is -4.42. The molecule has 5 atom stereocenters. The molecule has 1 aromatic rings. The van der Waals surface area contributed by atoms with Crippen LogP contribution in [0.2, 0.25) is 0 Å². The van der Waals surface area contributed by atoms with Gasteiger partial charge in [-0.25, -0.2) is 13.6 Å². The number of benzene rings is 1. The lowest BCUT2D eigenvalue weighted by molar-refractivity contribution is 0.0519. The molecule has 5 nitrogen and oxygen atoms in total. The number of halogens is 4. The van der Waals surface area contributed by atoms with Crippen molar-refractivity contribution in [2.24, 2.45) is 11.8 Å². The predicted molar refractivity (Wildman–Crippen MR) is 112 cm³/mol. The van der Waals surface area contributed by atoms with Gasteiger partial charge in [0.1, 0.15) is 6.10 Å². The van der Waals surface area contributed by atoms with Crippen molar-refractivity contribution in [2.45, 2.75) is 69.7 Å². The average Bonchev–Trinajstić information content (AvgIpc) is 3.00. The van der Waals surface area contributed by atoms with Gasteiger partial charge in [0.15, 0.2) is 17.4 Å². The monoisotopic (exact) mass is 472 g/mol. The number of fused-ring (bicyclic) bond motifs is 2. The number of hydrogen-bond donors (Lipinski definition) is 3. The first-order valence-electron chi connectivity index (χ1n) is 11.0. The number of carboxylic acids is 1. The Balaban J connectivity index is 1.71. The molecule has 3 N–H and O–H groups in total. The van der Waals surface area contributed by atoms with Gasteiger partial charge in [0.2, 0.25) is 0 Å². The summed E-state index contributed by atoms with van der Waals surface area (Å²) in [6.07, 6.45) is 1.13. The van der Waals surface area contributed by atoms with Crippen molar-refractivity contribution in [1.29, 1.82) is 0 Å². The highest BCUT2D eigenvalue weighted by atomic mass is 19.3. The van der Waals surface area contributed by atoms with Gasteiger partial charge < -0.3 is 20.1 Å². The number of aliphatic hydroxyl groups is 2. The summed E-state index contributed by atoms with van der Waals surface area (Å²) in [6.45, 7) is 1.42. The molecule has 0 bridgehead atoms. The summed E-state index contributed by atoms with van der Waals surface area (Å²) in [7, 11) is 0. The number of aliphatic hydroxyl groups excluding tert-OH is 1. The van der Waals surface area contributed by atoms with E-state index in [1.54, 1.807) is 18.2 Å². The zero-order chi connectivity index (χ0) is 24.3. The van der Waals surface area contributed by atoms with Crippen molar-refractivity contribution in [2.75, 3.05) is 0 Å². The predicted octanol–water partition coefficient (Wildman–Crippen LogP) is 5.16. The first-order chi connectivity index (χ1) is 15.5. The zero-order valence-corrected chi connectivity index (χ0v) is 18.2. The van der Waals surface area contributed by atoms with Gasteiger partial charge in [-0.05, 0) is 50.7 Å². The van der Waals surface area contributed by atoms with Crippen molar-refractivity contribution in [3.63, 3.8) is 0 Å². The van der Waals surface area contributed by atoms with Gasteiger partial charge >= 0.3 is 12.0 Å². The van der Waals surface area contributed by atoms with Crippen LogP contribution >= 0.6 is 0 Å². The highest BCUT2D eigenvalue weighted by Crippen LogP contribution is 2.43. The molecule has 0 aromatic heterocycles. The van der Waals surface area contributed by atoms with Crippen molar-refractivity contribution < 1.29 is 42.4 Å². The second kappa shape index (κ2) is 10.3. The second-order valence-corrected chi connectivity index (χ2v) is 9.11. The molecular weight excluding hydrogens is 444 g/mol. The molecule has 182 valence electrons. The lowest BCUT2D eigenvalue weighted by Gasteiger charge is -2.28. The quantitative estimate of drug-likeness (QED) is 0.377. The van der Waals surface area contributed by atoms with E-state index in [-0.39, 0.29) is 36.8 Å². The second-order valence-electron chi connectivity index (χ2n) is 9.11. The molecule has 1 aliphatic heterocycles. The summed E-state index contributed by atoms with van der Waals surface area (Å²) >= 11 is 0. The highest BCUT2D eigenvalue weighted by molar-refractivity contribution is 5.88. The van der Waals surface area contributed by atoms with Gasteiger partial charge in [0.25, 0.3) is 0 Å². The van der Waals surface area contributed by atoms with E-state index >= 15 is 0 Å². The van der Waals surface area contributed by atoms with Crippen molar-refractivity contribution >= 4 is 5.97 Å². The molecule has 0 saturated heterocycles. The van der Waals surface area contributed by atoms with Crippen LogP contribution in [0.3, 0.4) is 0 Å². The van der Waals surface area contributed by atoms with Crippen LogP contribution in [0, 0.1) is 17.7 Å². The van der Waals surface area contributed by atoms with Gasteiger partial charge in [-0.15, -0.1) is 0 Å². The first kappa shape index (κ1) is 25.2. The van der Waals surface area contributed by atoms with Crippen LogP contribution in [-0.2, 0) is 6.42 Å². The van der Waals surface area contributed by atoms with Crippen LogP contribution in [0.4, 0.5) is 17.6 Å². The van der Waals surface area contributed by atoms with Gasteiger partial charge in [-0.3, -0.25) is 0 Å². The fourth-order valence-corrected chi connectivity index (χ4v) is 4.71. The Kier molecular flexibility index (Phi) is 7.84. The maximum Gasteiger partial charge on any atom is 0.338 e. The Morgan fingerprint density at radius 1 is 1.30 bits per heavy atom. The molecule has 1 saturated carbocycles. The van der Waals surface area contributed by atoms with E-state index in [4.69, 9.17) is 4.74 Å². The Morgan fingerprint density at radius 2 is 2.03 bits per heavy atom. The number of aromatic carboxylic acids is 1. The SMILES string of the molecule is C[C@@](O)(C/C=C/[C@@H]1[C@H]2CCCc3ccc(C(=O)O)c(F)c3O[C@H]2C[C@H]1O)CCC(F)=C(F)F. The Morgan fingerprint density at radius 3 is 2.70 bits per heavy atom. The summed E-state index contributed by atoms with van der Waals surface area (Å²) in [5, 5.41) is 30.2. The number of aryl methyl sites for hydroxylation is 1. The first-order valence-corrected chi connectivity index (χ1v) is 11.0. The smallest absolute Gasteiger partial charge is 0.338 e. The number of carbonyl (C=O) groups is 1. The van der Waals surface area contributed by atoms with Gasteiger partial charge in [-0.1, -0.05) is 18.2 Å². The molecule has 33 heavy (non-hydrogen) atoms. The number of carboxylic acid groups (broad SMARTS) is 1. The summed E-state index contributed by atoms with van der Waals surface area (Å²) in [4.78, 5) is 11.3. The van der Waals surface area contributed by atoms with E-state index in [1.165, 1.54) is 13.0 Å². The zero-order valence-electron chi connectivity index (χ0n) is 18.2. The Labute approximate surface area is 189 Å². The molecule has 0 unspecified atom stereocenters. The Bertz CT molecular complexity index is 939. The molecule has 1 fully saturated rings. The van der Waals surface area contributed by atoms with Crippen LogP contribution in [0.15, 0.2) is 36.2 Å². The van der Waals surface area contributed by atoms with E-state index in [0.29, 0.717) is 24.8 Å². The molecule has 0 amide bonds. The van der Waals surface area contributed by atoms with E-state index in [2.05, 4.69) is 0 Å². The van der Waals surface area contributed by atoms with E-state index in [9.17, 15) is 37.7 Å².